The number of hydrogen-bond donors (Lipinski definition) is 0. The Bertz CT molecular complexity index is 1530. The first-order chi connectivity index (χ1) is 19.4. The van der Waals surface area contributed by atoms with Crippen molar-refractivity contribution in [2.45, 2.75) is 48.0 Å². The van der Waals surface area contributed by atoms with E-state index in [0.717, 1.165) is 0 Å². The van der Waals surface area contributed by atoms with Gasteiger partial charge in [-0.15, -0.1) is 0 Å². The van der Waals surface area contributed by atoms with Crippen LogP contribution in [0.25, 0.3) is 34.4 Å². The zero-order chi connectivity index (χ0) is 28.0. The molecule has 0 nitrogen and oxygen atoms in total. The number of allylic oxidation sites excluding steroid dienone is 2. The minimum absolute atomic E-state index is 0.492. The van der Waals surface area contributed by atoms with Crippen LogP contribution in [0.5, 0.6) is 0 Å². The molecule has 0 heterocycles. The third kappa shape index (κ3) is 4.82. The van der Waals surface area contributed by atoms with Crippen LogP contribution in [-0.4, -0.2) is 5.43 Å². The molecule has 0 fully saturated rings. The Kier molecular flexibility index (Phi) is 7.86. The zero-order valence-electron chi connectivity index (χ0n) is 24.7. The molecule has 200 valence electrons. The second-order valence-electron chi connectivity index (χ2n) is 12.3. The first-order valence-electron chi connectivity index (χ1n) is 14.8. The van der Waals surface area contributed by atoms with E-state index in [2.05, 4.69) is 150 Å². The van der Waals surface area contributed by atoms with E-state index in [1.54, 1.807) is 22.3 Å². The molecule has 0 amide bonds. The Hall–Kier alpha value is -2.54. The minimum atomic E-state index is -2.19. The third-order valence-electron chi connectivity index (χ3n) is 8.89. The van der Waals surface area contributed by atoms with Crippen LogP contribution < -0.4 is 0 Å². The van der Waals surface area contributed by atoms with Crippen LogP contribution >= 0.6 is 0 Å². The molecular formula is C38H40SiZr. The van der Waals surface area contributed by atoms with Gasteiger partial charge < -0.3 is 0 Å². The van der Waals surface area contributed by atoms with Crippen molar-refractivity contribution in [3.8, 4) is 22.3 Å². The Morgan fingerprint density at radius 3 is 1.27 bits per heavy atom. The summed E-state index contributed by atoms with van der Waals surface area (Å²) >= 11 is -2.19. The average molecular weight is 616 g/mol. The van der Waals surface area contributed by atoms with Crippen molar-refractivity contribution in [1.82, 2.24) is 0 Å². The van der Waals surface area contributed by atoms with Crippen molar-refractivity contribution in [2.24, 2.45) is 11.8 Å². The van der Waals surface area contributed by atoms with Gasteiger partial charge in [0.25, 0.3) is 0 Å². The van der Waals surface area contributed by atoms with Crippen LogP contribution in [0.4, 0.5) is 0 Å². The second-order valence-corrected chi connectivity index (χ2v) is 30.1. The normalized spacial score (nSPS) is 17.5. The maximum absolute atomic E-state index is 2.65. The molecule has 0 aliphatic heterocycles. The Balaban J connectivity index is 1.56. The van der Waals surface area contributed by atoms with Crippen molar-refractivity contribution < 1.29 is 20.4 Å². The van der Waals surface area contributed by atoms with Gasteiger partial charge >= 0.3 is 251 Å². The molecule has 0 saturated carbocycles. The summed E-state index contributed by atoms with van der Waals surface area (Å²) in [6.07, 6.45) is 5.24. The predicted octanol–water partition coefficient (Wildman–Crippen LogP) is 10.8. The molecule has 2 unspecified atom stereocenters. The summed E-state index contributed by atoms with van der Waals surface area (Å²) in [5.74, 6) is 1.11. The zero-order valence-corrected chi connectivity index (χ0v) is 28.2. The van der Waals surface area contributed by atoms with Crippen molar-refractivity contribution in [2.75, 3.05) is 0 Å². The van der Waals surface area contributed by atoms with Gasteiger partial charge in [-0.2, -0.15) is 0 Å². The second kappa shape index (κ2) is 11.4. The summed E-state index contributed by atoms with van der Waals surface area (Å²) in [6.45, 7) is 15.0. The van der Waals surface area contributed by atoms with Gasteiger partial charge in [-0.05, 0) is 0 Å². The molecule has 0 radical (unpaired) electrons. The summed E-state index contributed by atoms with van der Waals surface area (Å²) in [4.78, 5) is 0. The molecule has 0 spiro atoms. The van der Waals surface area contributed by atoms with Crippen LogP contribution in [-0.2, 0) is 20.4 Å². The SMILES string of the molecule is CC(C)C1=Cc2c(-c3ccccc3)cccc2[CH]1[Zr]([CH]1C(C(C)C)=Cc2c(-c3ccccc3)cccc21)=[Si](C)C. The van der Waals surface area contributed by atoms with Gasteiger partial charge in [-0.25, -0.2) is 0 Å². The van der Waals surface area contributed by atoms with E-state index in [9.17, 15) is 0 Å². The van der Waals surface area contributed by atoms with Gasteiger partial charge in [0.05, 0.1) is 0 Å². The number of rotatable bonds is 6. The van der Waals surface area contributed by atoms with Crippen molar-refractivity contribution in [3.63, 3.8) is 0 Å². The molecular weight excluding hydrogens is 576 g/mol. The quantitative estimate of drug-likeness (QED) is 0.189. The molecule has 4 aromatic carbocycles. The van der Waals surface area contributed by atoms with E-state index in [1.165, 1.54) is 33.4 Å². The fourth-order valence-corrected chi connectivity index (χ4v) is 28.0. The monoisotopic (exact) mass is 614 g/mol. The van der Waals surface area contributed by atoms with E-state index in [-0.39, 0.29) is 0 Å². The molecule has 0 saturated heterocycles. The van der Waals surface area contributed by atoms with Gasteiger partial charge in [0.15, 0.2) is 0 Å². The molecule has 0 N–H and O–H groups in total. The Morgan fingerprint density at radius 2 is 0.925 bits per heavy atom. The van der Waals surface area contributed by atoms with Crippen molar-refractivity contribution in [3.05, 3.63) is 130 Å². The van der Waals surface area contributed by atoms with E-state index in [1.807, 2.05) is 0 Å². The summed E-state index contributed by atoms with van der Waals surface area (Å²) < 4.78 is 1.28. The van der Waals surface area contributed by atoms with Gasteiger partial charge in [-0.1, -0.05) is 0 Å². The Labute approximate surface area is 249 Å². The summed E-state index contributed by atoms with van der Waals surface area (Å²) in [6, 6.07) is 36.4. The van der Waals surface area contributed by atoms with Crippen LogP contribution in [0.2, 0.25) is 13.1 Å². The summed E-state index contributed by atoms with van der Waals surface area (Å²) in [5, 5.41) is 0. The fourth-order valence-electron chi connectivity index (χ4n) is 7.03. The van der Waals surface area contributed by atoms with Crippen LogP contribution in [0.1, 0.15) is 57.2 Å². The average Bonchev–Trinajstić information content (AvgIpc) is 3.54. The topological polar surface area (TPSA) is 0 Å². The maximum atomic E-state index is 2.65. The first kappa shape index (κ1) is 27.6. The number of hydrogen-bond acceptors (Lipinski definition) is 0. The van der Waals surface area contributed by atoms with Gasteiger partial charge in [0.1, 0.15) is 0 Å². The van der Waals surface area contributed by atoms with Gasteiger partial charge in [0.2, 0.25) is 0 Å². The van der Waals surface area contributed by atoms with Gasteiger partial charge in [-0.3, -0.25) is 0 Å². The predicted molar refractivity (Wildman–Crippen MR) is 172 cm³/mol. The number of benzene rings is 4. The van der Waals surface area contributed by atoms with Crippen molar-refractivity contribution >= 4 is 17.6 Å². The van der Waals surface area contributed by atoms with Crippen molar-refractivity contribution in [1.29, 1.82) is 0 Å². The fraction of sp³-hybridized carbons (Fsp3) is 0.263. The molecule has 2 heteroatoms. The van der Waals surface area contributed by atoms with E-state index in [0.29, 0.717) is 19.1 Å². The first-order valence-corrected chi connectivity index (χ1v) is 23.9. The van der Waals surface area contributed by atoms with E-state index >= 15 is 0 Å². The van der Waals surface area contributed by atoms with Gasteiger partial charge in [0, 0.05) is 0 Å². The molecule has 2 atom stereocenters. The molecule has 40 heavy (non-hydrogen) atoms. The van der Waals surface area contributed by atoms with Crippen LogP contribution in [0.3, 0.4) is 0 Å². The summed E-state index contributed by atoms with van der Waals surface area (Å²) in [5.41, 5.74) is 14.6. The molecule has 4 aromatic rings. The molecule has 6 rings (SSSR count). The molecule has 0 aromatic heterocycles. The molecule has 2 aliphatic rings. The number of fused-ring (bicyclic) bond motifs is 2. The Morgan fingerprint density at radius 1 is 0.525 bits per heavy atom. The third-order valence-corrected chi connectivity index (χ3v) is 28.2. The summed E-state index contributed by atoms with van der Waals surface area (Å²) in [7, 11) is 0. The standard InChI is InChI=1S/2C18H17.C2H6Si.Zr/c2*1-13(2)16-11-15-9-6-10-17(18(15)12-16)14-7-4-3-5-8-14;1-3-2;/h2*3-13H,1-2H3;1-2H3;. The van der Waals surface area contributed by atoms with E-state index in [4.69, 9.17) is 0 Å². The van der Waals surface area contributed by atoms with E-state index < -0.39 is 25.8 Å². The molecule has 0 bridgehead atoms. The van der Waals surface area contributed by atoms with Crippen LogP contribution in [0, 0.1) is 11.8 Å². The molecule has 2 aliphatic carbocycles. The van der Waals surface area contributed by atoms with Crippen LogP contribution in [0.15, 0.2) is 108 Å².